The number of halogens is 1. The third-order valence-electron chi connectivity index (χ3n) is 3.54. The van der Waals surface area contributed by atoms with E-state index in [1.807, 2.05) is 32.0 Å². The molecule has 3 nitrogen and oxygen atoms in total. The minimum atomic E-state index is -0.181. The minimum absolute atomic E-state index is 0.0191. The zero-order valence-corrected chi connectivity index (χ0v) is 13.4. The summed E-state index contributed by atoms with van der Waals surface area (Å²) >= 11 is 5.79. The van der Waals surface area contributed by atoms with Gasteiger partial charge in [0.1, 0.15) is 0 Å². The molecule has 2 rings (SSSR count). The fourth-order valence-electron chi connectivity index (χ4n) is 2.04. The van der Waals surface area contributed by atoms with Crippen LogP contribution in [0.4, 0.5) is 5.69 Å². The molecule has 1 N–H and O–H groups in total. The summed E-state index contributed by atoms with van der Waals surface area (Å²) < 4.78 is 0. The second kappa shape index (κ2) is 7.23. The predicted octanol–water partition coefficient (Wildman–Crippen LogP) is 4.56. The maximum absolute atomic E-state index is 12.1. The van der Waals surface area contributed by atoms with Gasteiger partial charge in [-0.3, -0.25) is 9.59 Å². The standard InChI is InChI=1S/C18H18ClNO2/c1-12-3-4-14(11-13(12)2)17(21)9-10-18(22)20-16-7-5-15(19)6-8-16/h3-8,11H,9-10H2,1-2H3,(H,20,22). The van der Waals surface area contributed by atoms with Crippen molar-refractivity contribution in [1.29, 1.82) is 0 Å². The van der Waals surface area contributed by atoms with Crippen molar-refractivity contribution in [1.82, 2.24) is 0 Å². The summed E-state index contributed by atoms with van der Waals surface area (Å²) in [5.41, 5.74) is 3.56. The lowest BCUT2D eigenvalue weighted by atomic mass is 10.0. The number of aryl methyl sites for hydroxylation is 2. The molecule has 4 heteroatoms. The zero-order chi connectivity index (χ0) is 16.1. The molecular weight excluding hydrogens is 298 g/mol. The molecule has 0 heterocycles. The molecule has 0 fully saturated rings. The second-order valence-electron chi connectivity index (χ2n) is 5.28. The van der Waals surface area contributed by atoms with Crippen molar-refractivity contribution in [3.05, 3.63) is 64.2 Å². The molecule has 22 heavy (non-hydrogen) atoms. The molecule has 0 aliphatic carbocycles. The first-order valence-corrected chi connectivity index (χ1v) is 7.49. The largest absolute Gasteiger partial charge is 0.326 e. The van der Waals surface area contributed by atoms with E-state index in [0.29, 0.717) is 16.3 Å². The summed E-state index contributed by atoms with van der Waals surface area (Å²) in [4.78, 5) is 24.0. The van der Waals surface area contributed by atoms with Gasteiger partial charge in [-0.25, -0.2) is 0 Å². The Hall–Kier alpha value is -2.13. The van der Waals surface area contributed by atoms with Crippen LogP contribution in [0.25, 0.3) is 0 Å². The van der Waals surface area contributed by atoms with Crippen molar-refractivity contribution >= 4 is 29.0 Å². The molecule has 2 aromatic rings. The summed E-state index contributed by atoms with van der Waals surface area (Å²) in [5.74, 6) is -0.200. The van der Waals surface area contributed by atoms with Crippen LogP contribution in [0, 0.1) is 13.8 Å². The summed E-state index contributed by atoms with van der Waals surface area (Å²) in [6.45, 7) is 3.97. The van der Waals surface area contributed by atoms with Gasteiger partial charge in [0, 0.05) is 29.1 Å². The zero-order valence-electron chi connectivity index (χ0n) is 12.7. The van der Waals surface area contributed by atoms with E-state index in [1.165, 1.54) is 0 Å². The lowest BCUT2D eigenvalue weighted by molar-refractivity contribution is -0.116. The molecule has 0 atom stereocenters. The highest BCUT2D eigenvalue weighted by Crippen LogP contribution is 2.15. The number of amides is 1. The van der Waals surface area contributed by atoms with Gasteiger partial charge in [-0.15, -0.1) is 0 Å². The Balaban J connectivity index is 1.88. The summed E-state index contributed by atoms with van der Waals surface area (Å²) in [5, 5.41) is 3.36. The van der Waals surface area contributed by atoms with E-state index in [1.54, 1.807) is 24.3 Å². The van der Waals surface area contributed by atoms with Crippen molar-refractivity contribution in [3.8, 4) is 0 Å². The maximum Gasteiger partial charge on any atom is 0.224 e. The number of carbonyl (C=O) groups is 2. The molecule has 0 spiro atoms. The summed E-state index contributed by atoms with van der Waals surface area (Å²) in [6.07, 6.45) is 0.357. The number of Topliss-reactive ketones (excluding diaryl/α,β-unsaturated/α-hetero) is 1. The molecule has 114 valence electrons. The monoisotopic (exact) mass is 315 g/mol. The van der Waals surface area contributed by atoms with Crippen LogP contribution in [0.1, 0.15) is 34.3 Å². The quantitative estimate of drug-likeness (QED) is 0.822. The van der Waals surface area contributed by atoms with Crippen molar-refractivity contribution in [2.24, 2.45) is 0 Å². The molecule has 0 saturated heterocycles. The fourth-order valence-corrected chi connectivity index (χ4v) is 2.17. The van der Waals surface area contributed by atoms with Gasteiger partial charge < -0.3 is 5.32 Å². The van der Waals surface area contributed by atoms with Crippen LogP contribution < -0.4 is 5.32 Å². The van der Waals surface area contributed by atoms with Gasteiger partial charge in [-0.2, -0.15) is 0 Å². The fraction of sp³-hybridized carbons (Fsp3) is 0.222. The first-order valence-electron chi connectivity index (χ1n) is 7.11. The van der Waals surface area contributed by atoms with E-state index in [-0.39, 0.29) is 24.5 Å². The highest BCUT2D eigenvalue weighted by Gasteiger charge is 2.10. The number of nitrogens with one attached hydrogen (secondary N) is 1. The highest BCUT2D eigenvalue weighted by molar-refractivity contribution is 6.30. The molecule has 0 aromatic heterocycles. The Bertz CT molecular complexity index is 693. The van der Waals surface area contributed by atoms with Crippen molar-refractivity contribution in [2.45, 2.75) is 26.7 Å². The summed E-state index contributed by atoms with van der Waals surface area (Å²) in [7, 11) is 0. The Morgan fingerprint density at radius 2 is 1.64 bits per heavy atom. The smallest absolute Gasteiger partial charge is 0.224 e. The number of ketones is 1. The lowest BCUT2D eigenvalue weighted by Crippen LogP contribution is -2.13. The Labute approximate surface area is 135 Å². The van der Waals surface area contributed by atoms with Gasteiger partial charge in [0.2, 0.25) is 5.91 Å². The number of hydrogen-bond acceptors (Lipinski definition) is 2. The van der Waals surface area contributed by atoms with Gasteiger partial charge >= 0.3 is 0 Å². The van der Waals surface area contributed by atoms with Gasteiger partial charge in [-0.05, 0) is 55.3 Å². The Morgan fingerprint density at radius 1 is 0.955 bits per heavy atom. The van der Waals surface area contributed by atoms with E-state index in [0.717, 1.165) is 11.1 Å². The van der Waals surface area contributed by atoms with Crippen LogP contribution in [0.3, 0.4) is 0 Å². The third kappa shape index (κ3) is 4.43. The molecule has 0 saturated carbocycles. The number of rotatable bonds is 5. The van der Waals surface area contributed by atoms with Crippen LogP contribution in [0.5, 0.6) is 0 Å². The molecule has 0 aliphatic rings. The van der Waals surface area contributed by atoms with Crippen LogP contribution in [-0.2, 0) is 4.79 Å². The van der Waals surface area contributed by atoms with Crippen LogP contribution in [0.15, 0.2) is 42.5 Å². The van der Waals surface area contributed by atoms with E-state index in [2.05, 4.69) is 5.32 Å². The molecule has 0 bridgehead atoms. The molecule has 2 aromatic carbocycles. The van der Waals surface area contributed by atoms with E-state index in [9.17, 15) is 9.59 Å². The number of anilines is 1. The van der Waals surface area contributed by atoms with Gasteiger partial charge in [-0.1, -0.05) is 23.7 Å². The molecule has 1 amide bonds. The van der Waals surface area contributed by atoms with Gasteiger partial charge in [0.15, 0.2) is 5.78 Å². The number of carbonyl (C=O) groups excluding carboxylic acids is 2. The van der Waals surface area contributed by atoms with Crippen LogP contribution >= 0.6 is 11.6 Å². The van der Waals surface area contributed by atoms with Crippen molar-refractivity contribution in [2.75, 3.05) is 5.32 Å². The van der Waals surface area contributed by atoms with Gasteiger partial charge in [0.25, 0.3) is 0 Å². The average Bonchev–Trinajstić information content (AvgIpc) is 2.50. The Kier molecular flexibility index (Phi) is 5.34. The average molecular weight is 316 g/mol. The Morgan fingerprint density at radius 3 is 2.27 bits per heavy atom. The first kappa shape index (κ1) is 16.2. The summed E-state index contributed by atoms with van der Waals surface area (Å²) in [6, 6.07) is 12.5. The van der Waals surface area contributed by atoms with Crippen molar-refractivity contribution < 1.29 is 9.59 Å². The van der Waals surface area contributed by atoms with Gasteiger partial charge in [0.05, 0.1) is 0 Å². The third-order valence-corrected chi connectivity index (χ3v) is 3.79. The number of benzene rings is 2. The van der Waals surface area contributed by atoms with Crippen LogP contribution in [-0.4, -0.2) is 11.7 Å². The predicted molar refractivity (Wildman–Crippen MR) is 89.6 cm³/mol. The minimum Gasteiger partial charge on any atom is -0.326 e. The second-order valence-corrected chi connectivity index (χ2v) is 5.71. The van der Waals surface area contributed by atoms with E-state index >= 15 is 0 Å². The maximum atomic E-state index is 12.1. The number of hydrogen-bond donors (Lipinski definition) is 1. The normalized spacial score (nSPS) is 10.3. The lowest BCUT2D eigenvalue weighted by Gasteiger charge is -2.06. The van der Waals surface area contributed by atoms with E-state index in [4.69, 9.17) is 11.6 Å². The first-order chi connectivity index (χ1) is 10.5. The molecule has 0 unspecified atom stereocenters. The molecule has 0 radical (unpaired) electrons. The van der Waals surface area contributed by atoms with Crippen LogP contribution in [0.2, 0.25) is 5.02 Å². The van der Waals surface area contributed by atoms with Crippen molar-refractivity contribution in [3.63, 3.8) is 0 Å². The molecule has 0 aliphatic heterocycles. The van der Waals surface area contributed by atoms with E-state index < -0.39 is 0 Å². The topological polar surface area (TPSA) is 46.2 Å². The SMILES string of the molecule is Cc1ccc(C(=O)CCC(=O)Nc2ccc(Cl)cc2)cc1C. The highest BCUT2D eigenvalue weighted by atomic mass is 35.5. The molecular formula is C18H18ClNO2.